The highest BCUT2D eigenvalue weighted by molar-refractivity contribution is 6.93. The molecule has 2 N–H and O–H groups in total. The smallest absolute Gasteiger partial charge is 0.283 e. The van der Waals surface area contributed by atoms with Crippen LogP contribution < -0.4 is 0 Å². The van der Waals surface area contributed by atoms with Gasteiger partial charge in [-0.3, -0.25) is 0 Å². The summed E-state index contributed by atoms with van der Waals surface area (Å²) in [6.07, 6.45) is 0. The van der Waals surface area contributed by atoms with Crippen molar-refractivity contribution in [2.75, 3.05) is 0 Å². The Kier molecular flexibility index (Phi) is 3.61. The molecule has 0 aliphatic heterocycles. The van der Waals surface area contributed by atoms with Gasteiger partial charge in [-0.1, -0.05) is 0 Å². The van der Waals surface area contributed by atoms with Gasteiger partial charge in [-0.2, -0.15) is 0 Å². The van der Waals surface area contributed by atoms with Crippen LogP contribution in [0, 0.1) is 0 Å². The second-order valence-electron chi connectivity index (χ2n) is 3.47. The van der Waals surface area contributed by atoms with Crippen molar-refractivity contribution in [2.45, 2.75) is 38.9 Å². The standard InChI is InChI=1S/C6H14B2O3/c1-5(2,9)6(3,4)11-8-7-10/h9-10H,1-4H3. The summed E-state index contributed by atoms with van der Waals surface area (Å²) in [7, 11) is 1.95. The summed E-state index contributed by atoms with van der Waals surface area (Å²) in [5, 5.41) is 17.8. The maximum Gasteiger partial charge on any atom is 0.283 e. The molecule has 11 heavy (non-hydrogen) atoms. The third-order valence-electron chi connectivity index (χ3n) is 1.90. The Balaban J connectivity index is 4.00. The molecule has 0 aromatic heterocycles. The molecule has 5 heteroatoms. The van der Waals surface area contributed by atoms with Crippen LogP contribution in [-0.2, 0) is 4.65 Å². The quantitative estimate of drug-likeness (QED) is 0.549. The Labute approximate surface area is 69.3 Å². The highest BCUT2D eigenvalue weighted by atomic mass is 16.5. The van der Waals surface area contributed by atoms with Crippen molar-refractivity contribution in [3.05, 3.63) is 0 Å². The minimum absolute atomic E-state index is 0.702. The Morgan fingerprint density at radius 2 is 1.64 bits per heavy atom. The zero-order chi connectivity index (χ0) is 9.12. The van der Waals surface area contributed by atoms with Crippen LogP contribution in [0.3, 0.4) is 0 Å². The molecule has 0 aliphatic carbocycles. The van der Waals surface area contributed by atoms with Crippen molar-refractivity contribution in [3.63, 3.8) is 0 Å². The van der Waals surface area contributed by atoms with Gasteiger partial charge in [0.05, 0.1) is 11.2 Å². The third kappa shape index (κ3) is 3.27. The van der Waals surface area contributed by atoms with Crippen LogP contribution in [0.4, 0.5) is 0 Å². The summed E-state index contributed by atoms with van der Waals surface area (Å²) in [5.41, 5.74) is -1.64. The van der Waals surface area contributed by atoms with Crippen molar-refractivity contribution < 1.29 is 14.8 Å². The van der Waals surface area contributed by atoms with Gasteiger partial charge in [-0.05, 0) is 27.7 Å². The lowest BCUT2D eigenvalue weighted by Crippen LogP contribution is -2.48. The molecular formula is C6H14B2O3. The average molecular weight is 156 g/mol. The maximum absolute atomic E-state index is 9.53. The fourth-order valence-corrected chi connectivity index (χ4v) is 0.345. The molecule has 0 saturated carbocycles. The van der Waals surface area contributed by atoms with Gasteiger partial charge in [0, 0.05) is 0 Å². The monoisotopic (exact) mass is 156 g/mol. The van der Waals surface area contributed by atoms with Crippen molar-refractivity contribution in [2.24, 2.45) is 0 Å². The molecule has 0 amide bonds. The van der Waals surface area contributed by atoms with E-state index in [0.717, 1.165) is 14.7 Å². The predicted molar refractivity (Wildman–Crippen MR) is 45.2 cm³/mol. The fraction of sp³-hybridized carbons (Fsp3) is 1.00. The first kappa shape index (κ1) is 11.0. The first-order valence-corrected chi connectivity index (χ1v) is 3.50. The van der Waals surface area contributed by atoms with Crippen molar-refractivity contribution in [1.82, 2.24) is 0 Å². The minimum Gasteiger partial charge on any atom is -0.461 e. The number of hydrogen-bond acceptors (Lipinski definition) is 3. The van der Waals surface area contributed by atoms with Crippen LogP contribution in [0.1, 0.15) is 27.7 Å². The van der Waals surface area contributed by atoms with Gasteiger partial charge in [0.25, 0.3) is 14.7 Å². The van der Waals surface area contributed by atoms with E-state index in [0.29, 0.717) is 0 Å². The summed E-state index contributed by atoms with van der Waals surface area (Å²) in [5.74, 6) is 0. The molecule has 0 aromatic carbocycles. The molecule has 0 aromatic rings. The van der Waals surface area contributed by atoms with Gasteiger partial charge < -0.3 is 14.8 Å². The molecule has 0 fully saturated rings. The normalized spacial score (nSPS) is 12.9. The van der Waals surface area contributed by atoms with Crippen LogP contribution in [-0.4, -0.2) is 36.1 Å². The van der Waals surface area contributed by atoms with E-state index >= 15 is 0 Å². The molecule has 0 heterocycles. The maximum atomic E-state index is 9.53. The zero-order valence-electron chi connectivity index (χ0n) is 7.46. The number of aliphatic hydroxyl groups is 1. The van der Waals surface area contributed by atoms with E-state index in [2.05, 4.69) is 0 Å². The van der Waals surface area contributed by atoms with Crippen LogP contribution in [0.5, 0.6) is 0 Å². The summed E-state index contributed by atoms with van der Waals surface area (Å²) in [6.45, 7) is 6.79. The van der Waals surface area contributed by atoms with Crippen LogP contribution >= 0.6 is 0 Å². The van der Waals surface area contributed by atoms with Crippen molar-refractivity contribution >= 4 is 14.7 Å². The van der Waals surface area contributed by atoms with Gasteiger partial charge in [-0.15, -0.1) is 0 Å². The molecule has 3 nitrogen and oxygen atoms in total. The third-order valence-corrected chi connectivity index (χ3v) is 1.90. The van der Waals surface area contributed by atoms with E-state index in [1.807, 2.05) is 0 Å². The first-order chi connectivity index (χ1) is 4.81. The fourth-order valence-electron chi connectivity index (χ4n) is 0.345. The molecule has 0 rings (SSSR count). The van der Waals surface area contributed by atoms with Crippen LogP contribution in [0.15, 0.2) is 0 Å². The van der Waals surface area contributed by atoms with Gasteiger partial charge in [-0.25, -0.2) is 0 Å². The number of hydrogen-bond donors (Lipinski definition) is 2. The largest absolute Gasteiger partial charge is 0.461 e. The van der Waals surface area contributed by atoms with Gasteiger partial charge in [0.2, 0.25) is 0 Å². The second kappa shape index (κ2) is 3.61. The SMILES string of the molecule is CC(C)(O)C(C)(C)O[B][B]O. The highest BCUT2D eigenvalue weighted by Gasteiger charge is 2.35. The Bertz CT molecular complexity index is 119. The van der Waals surface area contributed by atoms with E-state index in [-0.39, 0.29) is 0 Å². The Morgan fingerprint density at radius 1 is 1.18 bits per heavy atom. The van der Waals surface area contributed by atoms with Gasteiger partial charge in [0.15, 0.2) is 0 Å². The minimum atomic E-state index is -0.938. The lowest BCUT2D eigenvalue weighted by molar-refractivity contribution is -0.0889. The predicted octanol–water partition coefficient (Wildman–Crippen LogP) is -0.302. The molecule has 0 bridgehead atoms. The van der Waals surface area contributed by atoms with E-state index in [1.165, 1.54) is 0 Å². The molecular weight excluding hydrogens is 142 g/mol. The molecule has 0 unspecified atom stereocenters. The van der Waals surface area contributed by atoms with Crippen molar-refractivity contribution in [1.29, 1.82) is 0 Å². The van der Waals surface area contributed by atoms with E-state index in [4.69, 9.17) is 9.68 Å². The summed E-state index contributed by atoms with van der Waals surface area (Å²) >= 11 is 0. The lowest BCUT2D eigenvalue weighted by atomic mass is 9.64. The van der Waals surface area contributed by atoms with Gasteiger partial charge >= 0.3 is 0 Å². The number of rotatable bonds is 4. The Morgan fingerprint density at radius 3 is 1.91 bits per heavy atom. The molecule has 0 aliphatic rings. The van der Waals surface area contributed by atoms with E-state index < -0.39 is 11.2 Å². The zero-order valence-corrected chi connectivity index (χ0v) is 7.46. The van der Waals surface area contributed by atoms with E-state index in [9.17, 15) is 5.11 Å². The van der Waals surface area contributed by atoms with Crippen molar-refractivity contribution in [3.8, 4) is 0 Å². The van der Waals surface area contributed by atoms with Gasteiger partial charge in [0.1, 0.15) is 0 Å². The lowest BCUT2D eigenvalue weighted by Gasteiger charge is -2.37. The topological polar surface area (TPSA) is 49.7 Å². The average Bonchev–Trinajstić information content (AvgIpc) is 1.81. The molecule has 2 radical (unpaired) electrons. The molecule has 0 saturated heterocycles. The molecule has 0 atom stereocenters. The molecule has 0 spiro atoms. The Hall–Kier alpha value is 0.00987. The highest BCUT2D eigenvalue weighted by Crippen LogP contribution is 2.23. The van der Waals surface area contributed by atoms with Crippen LogP contribution in [0.2, 0.25) is 0 Å². The van der Waals surface area contributed by atoms with Crippen LogP contribution in [0.25, 0.3) is 0 Å². The summed E-state index contributed by atoms with van der Waals surface area (Å²) in [6, 6.07) is 0. The first-order valence-electron chi connectivity index (χ1n) is 3.50. The summed E-state index contributed by atoms with van der Waals surface area (Å²) < 4.78 is 5.06. The van der Waals surface area contributed by atoms with E-state index in [1.54, 1.807) is 27.7 Å². The summed E-state index contributed by atoms with van der Waals surface area (Å²) in [4.78, 5) is 0. The second-order valence-corrected chi connectivity index (χ2v) is 3.47. The molecule has 62 valence electrons.